The molecule has 0 spiro atoms. The van der Waals surface area contributed by atoms with Crippen molar-refractivity contribution in [3.63, 3.8) is 0 Å². The fourth-order valence-corrected chi connectivity index (χ4v) is 2.06. The van der Waals surface area contributed by atoms with E-state index >= 15 is 0 Å². The number of carbonyl (C=O) groups is 1. The molecule has 4 nitrogen and oxygen atoms in total. The van der Waals surface area contributed by atoms with Gasteiger partial charge < -0.3 is 16.2 Å². The van der Waals surface area contributed by atoms with Gasteiger partial charge in [0.05, 0.1) is 16.9 Å². The highest BCUT2D eigenvalue weighted by molar-refractivity contribution is 5.91. The van der Waals surface area contributed by atoms with Gasteiger partial charge in [-0.3, -0.25) is 0 Å². The normalized spacial score (nSPS) is 10.3. The van der Waals surface area contributed by atoms with Gasteiger partial charge in [0.2, 0.25) is 0 Å². The molecule has 0 fully saturated rings. The number of benzene rings is 2. The summed E-state index contributed by atoms with van der Waals surface area (Å²) in [7, 11) is 0. The lowest BCUT2D eigenvalue weighted by atomic mass is 10.1. The SMILES string of the molecule is Cc1cc(C)cc(Nc2cc(F)c(C(=O)O)cc2N)c1. The molecule has 0 atom stereocenters. The van der Waals surface area contributed by atoms with Crippen LogP contribution in [0.3, 0.4) is 0 Å². The van der Waals surface area contributed by atoms with Crippen molar-refractivity contribution in [3.8, 4) is 0 Å². The van der Waals surface area contributed by atoms with E-state index in [0.29, 0.717) is 5.69 Å². The Kier molecular flexibility index (Phi) is 3.61. The lowest BCUT2D eigenvalue weighted by Crippen LogP contribution is -2.05. The van der Waals surface area contributed by atoms with Gasteiger partial charge in [0.1, 0.15) is 5.82 Å². The summed E-state index contributed by atoms with van der Waals surface area (Å²) in [4.78, 5) is 10.8. The Morgan fingerprint density at radius 1 is 1.15 bits per heavy atom. The highest BCUT2D eigenvalue weighted by Gasteiger charge is 2.13. The fourth-order valence-electron chi connectivity index (χ4n) is 2.06. The van der Waals surface area contributed by atoms with Gasteiger partial charge in [-0.1, -0.05) is 6.07 Å². The first-order chi connectivity index (χ1) is 9.36. The van der Waals surface area contributed by atoms with Crippen molar-refractivity contribution < 1.29 is 14.3 Å². The fraction of sp³-hybridized carbons (Fsp3) is 0.133. The number of hydrogen-bond donors (Lipinski definition) is 3. The maximum absolute atomic E-state index is 13.7. The molecule has 2 aromatic rings. The van der Waals surface area contributed by atoms with Crippen LogP contribution in [0.15, 0.2) is 30.3 Å². The zero-order valence-electron chi connectivity index (χ0n) is 11.2. The van der Waals surface area contributed by atoms with Crippen LogP contribution >= 0.6 is 0 Å². The average Bonchev–Trinajstić information content (AvgIpc) is 2.31. The van der Waals surface area contributed by atoms with E-state index in [1.807, 2.05) is 32.0 Å². The van der Waals surface area contributed by atoms with Crippen LogP contribution in [0.5, 0.6) is 0 Å². The number of aromatic carboxylic acids is 1. The number of nitrogen functional groups attached to an aromatic ring is 1. The molecule has 104 valence electrons. The van der Waals surface area contributed by atoms with Crippen molar-refractivity contribution in [2.75, 3.05) is 11.1 Å². The number of nitrogens with two attached hydrogens (primary N) is 1. The number of halogens is 1. The molecule has 0 aromatic heterocycles. The van der Waals surface area contributed by atoms with Gasteiger partial charge in [0.25, 0.3) is 0 Å². The number of rotatable bonds is 3. The van der Waals surface area contributed by atoms with E-state index in [4.69, 9.17) is 10.8 Å². The Morgan fingerprint density at radius 3 is 2.30 bits per heavy atom. The second-order valence-electron chi connectivity index (χ2n) is 4.73. The number of carboxylic acids is 1. The zero-order valence-corrected chi connectivity index (χ0v) is 11.2. The monoisotopic (exact) mass is 274 g/mol. The third-order valence-corrected chi connectivity index (χ3v) is 2.87. The minimum Gasteiger partial charge on any atom is -0.478 e. The molecular weight excluding hydrogens is 259 g/mol. The molecule has 0 radical (unpaired) electrons. The number of carboxylic acid groups (broad SMARTS) is 1. The second-order valence-corrected chi connectivity index (χ2v) is 4.73. The highest BCUT2D eigenvalue weighted by Crippen LogP contribution is 2.27. The summed E-state index contributed by atoms with van der Waals surface area (Å²) >= 11 is 0. The van der Waals surface area contributed by atoms with Gasteiger partial charge in [0.15, 0.2) is 0 Å². The Balaban J connectivity index is 2.39. The number of nitrogens with one attached hydrogen (secondary N) is 1. The third kappa shape index (κ3) is 2.88. The molecule has 0 aliphatic rings. The first-order valence-electron chi connectivity index (χ1n) is 6.04. The van der Waals surface area contributed by atoms with Gasteiger partial charge in [-0.2, -0.15) is 0 Å². The molecule has 0 unspecified atom stereocenters. The molecule has 2 rings (SSSR count). The van der Waals surface area contributed by atoms with Crippen molar-refractivity contribution >= 4 is 23.0 Å². The van der Waals surface area contributed by atoms with Crippen molar-refractivity contribution in [1.29, 1.82) is 0 Å². The molecule has 4 N–H and O–H groups in total. The van der Waals surface area contributed by atoms with Crippen LogP contribution in [0, 0.1) is 19.7 Å². The molecule has 0 bridgehead atoms. The predicted octanol–water partition coefficient (Wildman–Crippen LogP) is 3.47. The molecule has 0 aliphatic carbocycles. The van der Waals surface area contributed by atoms with E-state index in [1.54, 1.807) is 0 Å². The average molecular weight is 274 g/mol. The Hall–Kier alpha value is -2.56. The van der Waals surface area contributed by atoms with Crippen molar-refractivity contribution in [1.82, 2.24) is 0 Å². The molecule has 20 heavy (non-hydrogen) atoms. The smallest absolute Gasteiger partial charge is 0.338 e. The summed E-state index contributed by atoms with van der Waals surface area (Å²) in [5.74, 6) is -2.16. The van der Waals surface area contributed by atoms with Crippen LogP contribution < -0.4 is 11.1 Å². The Morgan fingerprint density at radius 2 is 1.75 bits per heavy atom. The molecule has 5 heteroatoms. The topological polar surface area (TPSA) is 75.3 Å². The van der Waals surface area contributed by atoms with Crippen LogP contribution in [0.25, 0.3) is 0 Å². The predicted molar refractivity (Wildman–Crippen MR) is 77.0 cm³/mol. The molecule has 0 saturated carbocycles. The van der Waals surface area contributed by atoms with Gasteiger partial charge in [-0.25, -0.2) is 9.18 Å². The maximum Gasteiger partial charge on any atom is 0.338 e. The Labute approximate surface area is 116 Å². The van der Waals surface area contributed by atoms with Crippen molar-refractivity contribution in [3.05, 3.63) is 52.8 Å². The van der Waals surface area contributed by atoms with Crippen LogP contribution in [0.1, 0.15) is 21.5 Å². The first kappa shape index (κ1) is 13.9. The summed E-state index contributed by atoms with van der Waals surface area (Å²) in [5, 5.41) is 11.8. The van der Waals surface area contributed by atoms with Crippen molar-refractivity contribution in [2.45, 2.75) is 13.8 Å². The lowest BCUT2D eigenvalue weighted by Gasteiger charge is -2.12. The summed E-state index contributed by atoms with van der Waals surface area (Å²) in [6, 6.07) is 8.02. The Bertz CT molecular complexity index is 664. The summed E-state index contributed by atoms with van der Waals surface area (Å²) in [6.45, 7) is 3.91. The second kappa shape index (κ2) is 5.21. The lowest BCUT2D eigenvalue weighted by molar-refractivity contribution is 0.0692. The van der Waals surface area contributed by atoms with E-state index < -0.39 is 17.3 Å². The van der Waals surface area contributed by atoms with Gasteiger partial charge in [0, 0.05) is 11.8 Å². The zero-order chi connectivity index (χ0) is 14.9. The van der Waals surface area contributed by atoms with Crippen LogP contribution in [-0.4, -0.2) is 11.1 Å². The quantitative estimate of drug-likeness (QED) is 0.749. The molecule has 2 aromatic carbocycles. The van der Waals surface area contributed by atoms with E-state index in [9.17, 15) is 9.18 Å². The van der Waals surface area contributed by atoms with Crippen LogP contribution in [0.4, 0.5) is 21.5 Å². The molecule has 0 amide bonds. The molecule has 0 heterocycles. The van der Waals surface area contributed by atoms with Gasteiger partial charge in [-0.15, -0.1) is 0 Å². The van der Waals surface area contributed by atoms with Gasteiger partial charge >= 0.3 is 5.97 Å². The first-order valence-corrected chi connectivity index (χ1v) is 6.04. The number of hydrogen-bond acceptors (Lipinski definition) is 3. The number of aryl methyl sites for hydroxylation is 2. The van der Waals surface area contributed by atoms with E-state index in [1.165, 1.54) is 0 Å². The minimum atomic E-state index is -1.34. The highest BCUT2D eigenvalue weighted by atomic mass is 19.1. The largest absolute Gasteiger partial charge is 0.478 e. The van der Waals surface area contributed by atoms with E-state index in [2.05, 4.69) is 5.32 Å². The van der Waals surface area contributed by atoms with Gasteiger partial charge in [-0.05, 0) is 43.2 Å². The standard InChI is InChI=1S/C15H15FN2O2/c1-8-3-9(2)5-10(4-8)18-14-7-12(16)11(15(19)20)6-13(14)17/h3-7,18H,17H2,1-2H3,(H,19,20). The summed E-state index contributed by atoms with van der Waals surface area (Å²) in [5.41, 5.74) is 8.75. The number of anilines is 3. The summed E-state index contributed by atoms with van der Waals surface area (Å²) < 4.78 is 13.7. The maximum atomic E-state index is 13.7. The molecule has 0 aliphatic heterocycles. The van der Waals surface area contributed by atoms with Crippen LogP contribution in [-0.2, 0) is 0 Å². The third-order valence-electron chi connectivity index (χ3n) is 2.87. The van der Waals surface area contributed by atoms with E-state index in [-0.39, 0.29) is 5.69 Å². The minimum absolute atomic E-state index is 0.183. The van der Waals surface area contributed by atoms with E-state index in [0.717, 1.165) is 28.9 Å². The molecular formula is C15H15FN2O2. The van der Waals surface area contributed by atoms with Crippen LogP contribution in [0.2, 0.25) is 0 Å². The molecule has 0 saturated heterocycles. The summed E-state index contributed by atoms with van der Waals surface area (Å²) in [6.07, 6.45) is 0. The van der Waals surface area contributed by atoms with Crippen molar-refractivity contribution in [2.24, 2.45) is 0 Å².